The molecule has 2 rings (SSSR count). The number of carbonyl (C=O) groups excluding carboxylic acids is 1. The third kappa shape index (κ3) is 4.58. The molecule has 0 radical (unpaired) electrons. The SMILES string of the molecule is CCc1ccccc1NC(=O)Cc1ccc(N(C)S(C)(=O)=O)cc1. The van der Waals surface area contributed by atoms with Crippen LogP contribution in [0.15, 0.2) is 48.5 Å². The van der Waals surface area contributed by atoms with Crippen LogP contribution >= 0.6 is 0 Å². The molecule has 2 aromatic carbocycles. The Morgan fingerprint density at radius 1 is 1.08 bits per heavy atom. The van der Waals surface area contributed by atoms with E-state index in [9.17, 15) is 13.2 Å². The molecule has 6 heteroatoms. The first-order chi connectivity index (χ1) is 11.3. The van der Waals surface area contributed by atoms with Gasteiger partial charge in [0, 0.05) is 12.7 Å². The molecule has 128 valence electrons. The number of carbonyl (C=O) groups is 1. The van der Waals surface area contributed by atoms with Crippen molar-refractivity contribution in [2.45, 2.75) is 19.8 Å². The lowest BCUT2D eigenvalue weighted by molar-refractivity contribution is -0.115. The Balaban J connectivity index is 2.05. The number of nitrogens with one attached hydrogen (secondary N) is 1. The monoisotopic (exact) mass is 346 g/mol. The van der Waals surface area contributed by atoms with E-state index in [1.54, 1.807) is 24.3 Å². The second kappa shape index (κ2) is 7.49. The van der Waals surface area contributed by atoms with Gasteiger partial charge in [-0.1, -0.05) is 37.3 Å². The molecule has 0 aliphatic carbocycles. The van der Waals surface area contributed by atoms with Crippen LogP contribution in [0.2, 0.25) is 0 Å². The van der Waals surface area contributed by atoms with E-state index in [1.807, 2.05) is 31.2 Å². The van der Waals surface area contributed by atoms with Gasteiger partial charge in [-0.05, 0) is 35.7 Å². The molecule has 0 atom stereocenters. The Morgan fingerprint density at radius 3 is 2.29 bits per heavy atom. The molecule has 0 unspecified atom stereocenters. The average molecular weight is 346 g/mol. The van der Waals surface area contributed by atoms with E-state index in [2.05, 4.69) is 5.32 Å². The van der Waals surface area contributed by atoms with Crippen molar-refractivity contribution in [2.75, 3.05) is 22.9 Å². The smallest absolute Gasteiger partial charge is 0.231 e. The number of nitrogens with zero attached hydrogens (tertiary/aromatic N) is 1. The molecule has 1 amide bonds. The highest BCUT2D eigenvalue weighted by molar-refractivity contribution is 7.92. The maximum absolute atomic E-state index is 12.2. The van der Waals surface area contributed by atoms with Gasteiger partial charge in [-0.25, -0.2) is 8.42 Å². The van der Waals surface area contributed by atoms with Crippen molar-refractivity contribution >= 4 is 27.3 Å². The highest BCUT2D eigenvalue weighted by atomic mass is 32.2. The number of anilines is 2. The van der Waals surface area contributed by atoms with Gasteiger partial charge in [-0.2, -0.15) is 0 Å². The molecule has 1 N–H and O–H groups in total. The molecule has 0 aromatic heterocycles. The molecule has 2 aromatic rings. The van der Waals surface area contributed by atoms with E-state index in [4.69, 9.17) is 0 Å². The van der Waals surface area contributed by atoms with E-state index in [1.165, 1.54) is 11.4 Å². The van der Waals surface area contributed by atoms with Crippen molar-refractivity contribution in [3.05, 3.63) is 59.7 Å². The third-order valence-electron chi connectivity index (χ3n) is 3.83. The van der Waals surface area contributed by atoms with Crippen LogP contribution in [0.3, 0.4) is 0 Å². The number of hydrogen-bond donors (Lipinski definition) is 1. The second-order valence-corrected chi connectivity index (χ2v) is 7.65. The maximum atomic E-state index is 12.2. The molecular formula is C18H22N2O3S. The zero-order chi connectivity index (χ0) is 17.7. The first kappa shape index (κ1) is 18.0. The Bertz CT molecular complexity index is 814. The lowest BCUT2D eigenvalue weighted by Crippen LogP contribution is -2.24. The van der Waals surface area contributed by atoms with Gasteiger partial charge in [0.25, 0.3) is 0 Å². The van der Waals surface area contributed by atoms with E-state index in [-0.39, 0.29) is 12.3 Å². The summed E-state index contributed by atoms with van der Waals surface area (Å²) in [6.07, 6.45) is 2.24. The first-order valence-corrected chi connectivity index (χ1v) is 9.56. The largest absolute Gasteiger partial charge is 0.326 e. The van der Waals surface area contributed by atoms with Gasteiger partial charge < -0.3 is 5.32 Å². The second-order valence-electron chi connectivity index (χ2n) is 5.63. The van der Waals surface area contributed by atoms with Gasteiger partial charge in [0.2, 0.25) is 15.9 Å². The molecular weight excluding hydrogens is 324 g/mol. The van der Waals surface area contributed by atoms with Crippen LogP contribution in [0, 0.1) is 0 Å². The van der Waals surface area contributed by atoms with Crippen molar-refractivity contribution in [1.29, 1.82) is 0 Å². The van der Waals surface area contributed by atoms with E-state index in [0.29, 0.717) is 5.69 Å². The number of benzene rings is 2. The quantitative estimate of drug-likeness (QED) is 0.874. The normalized spacial score (nSPS) is 11.1. The highest BCUT2D eigenvalue weighted by Crippen LogP contribution is 2.18. The standard InChI is InChI=1S/C18H22N2O3S/c1-4-15-7-5-6-8-17(15)19-18(21)13-14-9-11-16(12-10-14)20(2)24(3,22)23/h5-12H,4,13H2,1-3H3,(H,19,21). The minimum atomic E-state index is -3.29. The number of para-hydroxylation sites is 1. The van der Waals surface area contributed by atoms with Gasteiger partial charge in [-0.3, -0.25) is 9.10 Å². The van der Waals surface area contributed by atoms with E-state index < -0.39 is 10.0 Å². The van der Waals surface area contributed by atoms with Crippen molar-refractivity contribution in [1.82, 2.24) is 0 Å². The van der Waals surface area contributed by atoms with Crippen LogP contribution < -0.4 is 9.62 Å². The summed E-state index contributed by atoms with van der Waals surface area (Å²) in [6, 6.07) is 14.7. The molecule has 24 heavy (non-hydrogen) atoms. The molecule has 5 nitrogen and oxygen atoms in total. The minimum Gasteiger partial charge on any atom is -0.326 e. The van der Waals surface area contributed by atoms with Crippen LogP contribution in [-0.4, -0.2) is 27.6 Å². The number of rotatable bonds is 6. The number of sulfonamides is 1. The summed E-state index contributed by atoms with van der Waals surface area (Å²) in [6.45, 7) is 2.04. The van der Waals surface area contributed by atoms with Crippen LogP contribution in [0.5, 0.6) is 0 Å². The van der Waals surface area contributed by atoms with Crippen LogP contribution in [0.4, 0.5) is 11.4 Å². The Kier molecular flexibility index (Phi) is 5.62. The lowest BCUT2D eigenvalue weighted by Gasteiger charge is -2.16. The van der Waals surface area contributed by atoms with Gasteiger partial charge in [0.1, 0.15) is 0 Å². The van der Waals surface area contributed by atoms with Gasteiger partial charge in [0.05, 0.1) is 18.4 Å². The molecule has 0 aliphatic rings. The molecule has 0 saturated carbocycles. The topological polar surface area (TPSA) is 66.5 Å². The van der Waals surface area contributed by atoms with Crippen molar-refractivity contribution < 1.29 is 13.2 Å². The first-order valence-electron chi connectivity index (χ1n) is 7.72. The van der Waals surface area contributed by atoms with Gasteiger partial charge >= 0.3 is 0 Å². The summed E-state index contributed by atoms with van der Waals surface area (Å²) >= 11 is 0. The van der Waals surface area contributed by atoms with Gasteiger partial charge in [0.15, 0.2) is 0 Å². The summed E-state index contributed by atoms with van der Waals surface area (Å²) in [5.41, 5.74) is 3.32. The van der Waals surface area contributed by atoms with Gasteiger partial charge in [-0.15, -0.1) is 0 Å². The van der Waals surface area contributed by atoms with Crippen molar-refractivity contribution in [3.63, 3.8) is 0 Å². The summed E-state index contributed by atoms with van der Waals surface area (Å²) in [4.78, 5) is 12.2. The molecule has 0 saturated heterocycles. The summed E-state index contributed by atoms with van der Waals surface area (Å²) in [5, 5.41) is 2.93. The molecule has 0 spiro atoms. The lowest BCUT2D eigenvalue weighted by atomic mass is 10.1. The molecule has 0 bridgehead atoms. The van der Waals surface area contributed by atoms with E-state index >= 15 is 0 Å². The highest BCUT2D eigenvalue weighted by Gasteiger charge is 2.12. The predicted octanol–water partition coefficient (Wildman–Crippen LogP) is 2.83. The van der Waals surface area contributed by atoms with Crippen LogP contribution in [0.25, 0.3) is 0 Å². The fourth-order valence-electron chi connectivity index (χ4n) is 2.35. The minimum absolute atomic E-state index is 0.0971. The van der Waals surface area contributed by atoms with E-state index in [0.717, 1.165) is 29.5 Å². The van der Waals surface area contributed by atoms with Crippen LogP contribution in [0.1, 0.15) is 18.1 Å². The maximum Gasteiger partial charge on any atom is 0.231 e. The Morgan fingerprint density at radius 2 is 1.71 bits per heavy atom. The van der Waals surface area contributed by atoms with Crippen molar-refractivity contribution in [3.8, 4) is 0 Å². The number of hydrogen-bond acceptors (Lipinski definition) is 3. The Labute approximate surface area is 143 Å². The van der Waals surface area contributed by atoms with Crippen LogP contribution in [-0.2, 0) is 27.7 Å². The number of amides is 1. The fraction of sp³-hybridized carbons (Fsp3) is 0.278. The number of aryl methyl sites for hydroxylation is 1. The summed E-state index contributed by atoms with van der Waals surface area (Å²) < 4.78 is 24.2. The molecule has 0 aliphatic heterocycles. The zero-order valence-corrected chi connectivity index (χ0v) is 14.9. The fourth-order valence-corrected chi connectivity index (χ4v) is 2.85. The molecule has 0 fully saturated rings. The zero-order valence-electron chi connectivity index (χ0n) is 14.1. The average Bonchev–Trinajstić information content (AvgIpc) is 2.54. The third-order valence-corrected chi connectivity index (χ3v) is 5.04. The molecule has 0 heterocycles. The Hall–Kier alpha value is -2.34. The summed E-state index contributed by atoms with van der Waals surface area (Å²) in [5.74, 6) is -0.0971. The predicted molar refractivity (Wildman–Crippen MR) is 97.8 cm³/mol. The van der Waals surface area contributed by atoms with Crippen molar-refractivity contribution in [2.24, 2.45) is 0 Å². The summed E-state index contributed by atoms with van der Waals surface area (Å²) in [7, 11) is -1.79.